The van der Waals surface area contributed by atoms with Crippen LogP contribution in [0.1, 0.15) is 115 Å². The first-order valence-electron chi connectivity index (χ1n) is 18.3. The fourth-order valence-corrected chi connectivity index (χ4v) is 6.22. The van der Waals surface area contributed by atoms with E-state index in [4.69, 9.17) is 16.4 Å². The predicted octanol–water partition coefficient (Wildman–Crippen LogP) is 13.8. The van der Waals surface area contributed by atoms with Crippen LogP contribution in [0.3, 0.4) is 0 Å². The lowest BCUT2D eigenvalue weighted by molar-refractivity contribution is -0.106. The van der Waals surface area contributed by atoms with Crippen LogP contribution in [0.2, 0.25) is 5.02 Å². The summed E-state index contributed by atoms with van der Waals surface area (Å²) in [6, 6.07) is 17.1. The molecule has 0 unspecified atom stereocenters. The van der Waals surface area contributed by atoms with Crippen LogP contribution in [-0.2, 0) is 17.8 Å². The van der Waals surface area contributed by atoms with Gasteiger partial charge in [-0.25, -0.2) is 4.99 Å². The van der Waals surface area contributed by atoms with Crippen molar-refractivity contribution in [3.63, 3.8) is 0 Å². The Kier molecular flexibility index (Phi) is 24.2. The Bertz CT molecular complexity index is 1570. The molecule has 1 saturated heterocycles. The van der Waals surface area contributed by atoms with Crippen LogP contribution < -0.4 is 0 Å². The molecular formula is C46H65ClN2O. The summed E-state index contributed by atoms with van der Waals surface area (Å²) in [5.74, 6) is 2.66. The largest absolute Gasteiger partial charge is 0.304 e. The van der Waals surface area contributed by atoms with E-state index in [0.717, 1.165) is 47.5 Å². The standard InChI is InChI=1S/C31H33ClN2.C9H16.C2H4O.2C2H6/c1-6-33-31-14-10-13-28(24(31)5)27-12-9-11-26(23(27)4)22(3)18-29-21(2)17-25(19-30(29)32)20-34-15-7-8-16-34;1-5-9(6-2)7-8(3)4;1-2-3;2*1-2/h9-14,17,19H,1,3,7-8,15-16,18,20H2,2,4-5H3;5,7H,6H2,1-4H3;2H,1H3;2*1-2H3/b;9-5-;;;. The van der Waals surface area contributed by atoms with E-state index in [0.29, 0.717) is 0 Å². The predicted molar refractivity (Wildman–Crippen MR) is 225 cm³/mol. The molecule has 0 spiro atoms. The number of benzene rings is 3. The maximum absolute atomic E-state index is 8.81. The summed E-state index contributed by atoms with van der Waals surface area (Å²) < 4.78 is 0. The molecule has 3 aromatic rings. The van der Waals surface area contributed by atoms with Crippen LogP contribution in [0.4, 0.5) is 5.69 Å². The van der Waals surface area contributed by atoms with Gasteiger partial charge in [0, 0.05) is 11.6 Å². The van der Waals surface area contributed by atoms with E-state index in [1.807, 2.05) is 39.8 Å². The molecule has 0 amide bonds. The molecule has 0 atom stereocenters. The SMILES string of the molecule is C/C=C(\C=C(C)C)CC.C=C=Nc1cccc(-c2cccc(C(=C)Cc3c(C)cc(CN4CCCC4)cc3Cl)c2C)c1C.CC.CC.CC=O. The molecule has 3 nitrogen and oxygen atoms in total. The Hall–Kier alpha value is -3.75. The summed E-state index contributed by atoms with van der Waals surface area (Å²) in [7, 11) is 0. The zero-order valence-electron chi connectivity index (χ0n) is 33.4. The van der Waals surface area contributed by atoms with Gasteiger partial charge in [0.2, 0.25) is 0 Å². The van der Waals surface area contributed by atoms with Gasteiger partial charge in [0.05, 0.1) is 5.69 Å². The molecule has 0 aromatic heterocycles. The van der Waals surface area contributed by atoms with Crippen molar-refractivity contribution in [1.82, 2.24) is 4.90 Å². The molecule has 0 radical (unpaired) electrons. The molecule has 0 N–H and O–H groups in total. The Morgan fingerprint density at radius 3 is 1.98 bits per heavy atom. The van der Waals surface area contributed by atoms with Crippen LogP contribution >= 0.6 is 11.6 Å². The first kappa shape index (κ1) is 46.2. The molecule has 0 saturated carbocycles. The van der Waals surface area contributed by atoms with Gasteiger partial charge in [0.15, 0.2) is 0 Å². The molecule has 50 heavy (non-hydrogen) atoms. The van der Waals surface area contributed by atoms with Crippen LogP contribution in [0.5, 0.6) is 0 Å². The van der Waals surface area contributed by atoms with E-state index in [2.05, 4.69) is 126 Å². The van der Waals surface area contributed by atoms with Crippen molar-refractivity contribution in [2.24, 2.45) is 4.99 Å². The van der Waals surface area contributed by atoms with Crippen molar-refractivity contribution < 1.29 is 4.79 Å². The molecule has 1 aliphatic rings. The summed E-state index contributed by atoms with van der Waals surface area (Å²) in [6.45, 7) is 35.8. The zero-order chi connectivity index (χ0) is 38.2. The molecule has 1 heterocycles. The molecule has 0 aliphatic carbocycles. The first-order valence-corrected chi connectivity index (χ1v) is 18.7. The van der Waals surface area contributed by atoms with Crippen molar-refractivity contribution in [3.8, 4) is 11.1 Å². The quantitative estimate of drug-likeness (QED) is 0.127. The summed E-state index contributed by atoms with van der Waals surface area (Å²) in [4.78, 5) is 15.6. The number of nitrogens with zero attached hydrogens (tertiary/aromatic N) is 2. The lowest BCUT2D eigenvalue weighted by Gasteiger charge is -2.19. The smallest absolute Gasteiger partial charge is 0.116 e. The van der Waals surface area contributed by atoms with E-state index in [-0.39, 0.29) is 0 Å². The third kappa shape index (κ3) is 15.0. The lowest BCUT2D eigenvalue weighted by Crippen LogP contribution is -2.18. The molecule has 4 rings (SSSR count). The van der Waals surface area contributed by atoms with Crippen molar-refractivity contribution in [2.45, 2.75) is 115 Å². The van der Waals surface area contributed by atoms with Crippen molar-refractivity contribution in [2.75, 3.05) is 13.1 Å². The average Bonchev–Trinajstić information content (AvgIpc) is 3.62. The fraction of sp³-hybridized carbons (Fsp3) is 0.413. The second-order valence-electron chi connectivity index (χ2n) is 12.0. The molecular weight excluding hydrogens is 632 g/mol. The number of carbonyl (C=O) groups excluding carboxylic acids is 1. The van der Waals surface area contributed by atoms with Crippen LogP contribution in [0.25, 0.3) is 16.7 Å². The van der Waals surface area contributed by atoms with Crippen LogP contribution in [-0.4, -0.2) is 30.1 Å². The highest BCUT2D eigenvalue weighted by Crippen LogP contribution is 2.36. The van der Waals surface area contributed by atoms with Gasteiger partial charge in [-0.2, -0.15) is 0 Å². The van der Waals surface area contributed by atoms with Crippen molar-refractivity contribution in [3.05, 3.63) is 123 Å². The van der Waals surface area contributed by atoms with Gasteiger partial charge in [0.1, 0.15) is 6.29 Å². The molecule has 3 aromatic carbocycles. The van der Waals surface area contributed by atoms with E-state index >= 15 is 0 Å². The number of hydrogen-bond acceptors (Lipinski definition) is 3. The number of likely N-dealkylation sites (tertiary alicyclic amines) is 1. The summed E-state index contributed by atoms with van der Waals surface area (Å²) in [6.07, 6.45) is 9.61. The number of halogens is 1. The second kappa shape index (κ2) is 26.1. The maximum atomic E-state index is 8.81. The number of aldehydes is 1. The highest BCUT2D eigenvalue weighted by Gasteiger charge is 2.16. The topological polar surface area (TPSA) is 32.7 Å². The molecule has 0 bridgehead atoms. The minimum Gasteiger partial charge on any atom is -0.304 e. The zero-order valence-corrected chi connectivity index (χ0v) is 34.2. The number of carbonyl (C=O) groups is 1. The Balaban J connectivity index is 0.00000127. The number of rotatable bonds is 9. The van der Waals surface area contributed by atoms with Gasteiger partial charge in [-0.1, -0.05) is 112 Å². The van der Waals surface area contributed by atoms with Gasteiger partial charge < -0.3 is 4.79 Å². The van der Waals surface area contributed by atoms with Crippen molar-refractivity contribution >= 4 is 35.0 Å². The lowest BCUT2D eigenvalue weighted by atomic mass is 9.88. The first-order chi connectivity index (χ1) is 24.0. The van der Waals surface area contributed by atoms with Gasteiger partial charge in [-0.3, -0.25) is 4.90 Å². The average molecular weight is 697 g/mol. The Labute approximate surface area is 311 Å². The van der Waals surface area contributed by atoms with Crippen LogP contribution in [0.15, 0.2) is 90.0 Å². The third-order valence-corrected chi connectivity index (χ3v) is 8.57. The second-order valence-corrected chi connectivity index (χ2v) is 12.4. The summed E-state index contributed by atoms with van der Waals surface area (Å²) in [5.41, 5.74) is 14.4. The van der Waals surface area contributed by atoms with Gasteiger partial charge >= 0.3 is 0 Å². The number of aliphatic imine (C=N–C) groups is 1. The Morgan fingerprint density at radius 2 is 1.50 bits per heavy atom. The number of hydrogen-bond donors (Lipinski definition) is 0. The highest BCUT2D eigenvalue weighted by molar-refractivity contribution is 6.31. The number of aryl methyl sites for hydroxylation is 1. The molecule has 1 aliphatic heterocycles. The Morgan fingerprint density at radius 1 is 0.940 bits per heavy atom. The van der Waals surface area contributed by atoms with E-state index < -0.39 is 0 Å². The van der Waals surface area contributed by atoms with Crippen LogP contribution in [0, 0.1) is 20.8 Å². The molecule has 4 heteroatoms. The van der Waals surface area contributed by atoms with Gasteiger partial charge in [-0.05, 0) is 162 Å². The number of allylic oxidation sites excluding steroid dienone is 5. The maximum Gasteiger partial charge on any atom is 0.116 e. The van der Waals surface area contributed by atoms with E-state index in [9.17, 15) is 0 Å². The van der Waals surface area contributed by atoms with Gasteiger partial charge in [-0.15, -0.1) is 0 Å². The summed E-state index contributed by atoms with van der Waals surface area (Å²) >= 11 is 6.81. The molecule has 1 fully saturated rings. The monoisotopic (exact) mass is 696 g/mol. The van der Waals surface area contributed by atoms with E-state index in [1.54, 1.807) is 0 Å². The minimum atomic E-state index is 0.735. The fourth-order valence-electron chi connectivity index (χ4n) is 5.86. The molecule has 272 valence electrons. The van der Waals surface area contributed by atoms with Gasteiger partial charge in [0.25, 0.3) is 0 Å². The normalized spacial score (nSPS) is 11.8. The third-order valence-electron chi connectivity index (χ3n) is 8.24. The van der Waals surface area contributed by atoms with Crippen molar-refractivity contribution in [1.29, 1.82) is 0 Å². The summed E-state index contributed by atoms with van der Waals surface area (Å²) in [5, 5.41) is 0.843. The minimum absolute atomic E-state index is 0.735. The highest BCUT2D eigenvalue weighted by atomic mass is 35.5. The van der Waals surface area contributed by atoms with E-state index in [1.165, 1.54) is 82.9 Å².